The van der Waals surface area contributed by atoms with Gasteiger partial charge in [-0.25, -0.2) is 0 Å². The van der Waals surface area contributed by atoms with Crippen LogP contribution in [-0.2, 0) is 0 Å². The van der Waals surface area contributed by atoms with Crippen molar-refractivity contribution in [2.45, 2.75) is 40.5 Å². The van der Waals surface area contributed by atoms with Gasteiger partial charge < -0.3 is 4.90 Å². The van der Waals surface area contributed by atoms with Crippen LogP contribution in [0.5, 0.6) is 0 Å². The highest BCUT2D eigenvalue weighted by Gasteiger charge is 2.26. The van der Waals surface area contributed by atoms with E-state index < -0.39 is 0 Å². The first-order valence-electron chi connectivity index (χ1n) is 11.7. The Morgan fingerprint density at radius 2 is 1.68 bits per heavy atom. The Kier molecular flexibility index (Phi) is 8.32. The fourth-order valence-corrected chi connectivity index (χ4v) is 4.29. The number of aliphatic imine (C=N–C) groups is 1. The molecule has 174 valence electrons. The monoisotopic (exact) mass is 452 g/mol. The number of allylic oxidation sites excluding steroid dienone is 5. The van der Waals surface area contributed by atoms with Gasteiger partial charge in [-0.2, -0.15) is 5.26 Å². The second-order valence-corrected chi connectivity index (χ2v) is 9.25. The lowest BCUT2D eigenvalue weighted by molar-refractivity contribution is 0.354. The van der Waals surface area contributed by atoms with Crippen LogP contribution < -0.4 is 4.90 Å². The minimum Gasteiger partial charge on any atom is -0.372 e. The molecule has 34 heavy (non-hydrogen) atoms. The molecule has 0 fully saturated rings. The summed E-state index contributed by atoms with van der Waals surface area (Å²) < 4.78 is 0. The van der Waals surface area contributed by atoms with E-state index >= 15 is 0 Å². The van der Waals surface area contributed by atoms with E-state index in [2.05, 4.69) is 67.0 Å². The second-order valence-electron chi connectivity index (χ2n) is 9.25. The molecule has 0 spiro atoms. The molecule has 0 N–H and O–H groups in total. The van der Waals surface area contributed by atoms with Crippen molar-refractivity contribution in [1.29, 1.82) is 5.26 Å². The molecule has 0 bridgehead atoms. The molecule has 2 aromatic rings. The summed E-state index contributed by atoms with van der Waals surface area (Å²) in [5, 5.41) is 12.8. The zero-order valence-corrected chi connectivity index (χ0v) is 20.5. The minimum absolute atomic E-state index is 0.0381. The maximum atomic E-state index is 10.6. The van der Waals surface area contributed by atoms with Crippen molar-refractivity contribution in [3.05, 3.63) is 87.9 Å². The highest BCUT2D eigenvalue weighted by atomic mass is 16.3. The molecule has 1 aliphatic carbocycles. The maximum absolute atomic E-state index is 10.6. The van der Waals surface area contributed by atoms with Crippen LogP contribution >= 0.6 is 0 Å². The number of anilines is 1. The van der Waals surface area contributed by atoms with Crippen LogP contribution in [0, 0.1) is 21.7 Å². The van der Waals surface area contributed by atoms with Crippen LogP contribution in [0.15, 0.2) is 87.6 Å². The number of nitroso groups, excluding NO2 is 1. The summed E-state index contributed by atoms with van der Waals surface area (Å²) in [4.78, 5) is 17.6. The molecule has 0 aromatic heterocycles. The average Bonchev–Trinajstić information content (AvgIpc) is 2.83. The normalized spacial score (nSPS) is 16.9. The van der Waals surface area contributed by atoms with Gasteiger partial charge in [0.1, 0.15) is 5.69 Å². The van der Waals surface area contributed by atoms with Crippen LogP contribution in [0.4, 0.5) is 17.1 Å². The average molecular weight is 453 g/mol. The third kappa shape index (κ3) is 6.62. The van der Waals surface area contributed by atoms with Crippen LogP contribution in [0.3, 0.4) is 0 Å². The van der Waals surface area contributed by atoms with E-state index in [1.165, 1.54) is 5.69 Å². The number of benzene rings is 2. The zero-order chi connectivity index (χ0) is 24.6. The quantitative estimate of drug-likeness (QED) is 0.232. The van der Waals surface area contributed by atoms with Gasteiger partial charge in [0.2, 0.25) is 0 Å². The van der Waals surface area contributed by atoms with E-state index in [-0.39, 0.29) is 5.41 Å². The smallest absolute Gasteiger partial charge is 0.108 e. The molecule has 0 atom stereocenters. The van der Waals surface area contributed by atoms with Crippen LogP contribution in [0.1, 0.15) is 46.1 Å². The van der Waals surface area contributed by atoms with Gasteiger partial charge in [0.25, 0.3) is 0 Å². The SMILES string of the molecule is CCN(CC)c1ccc(N=C/C=C2C=C(/C(C#N)=C/c3ccc(N=O)cc3)CC(C)(C)C/2)cc1. The lowest BCUT2D eigenvalue weighted by Gasteiger charge is -2.31. The molecule has 2 aromatic carbocycles. The van der Waals surface area contributed by atoms with Crippen LogP contribution in [-0.4, -0.2) is 19.3 Å². The predicted octanol–water partition coefficient (Wildman–Crippen LogP) is 7.91. The van der Waals surface area contributed by atoms with Gasteiger partial charge in [-0.15, -0.1) is 4.91 Å². The summed E-state index contributed by atoms with van der Waals surface area (Å²) in [6, 6.07) is 17.6. The van der Waals surface area contributed by atoms with Gasteiger partial charge >= 0.3 is 0 Å². The third-order valence-corrected chi connectivity index (χ3v) is 5.98. The highest BCUT2D eigenvalue weighted by molar-refractivity contribution is 5.77. The van der Waals surface area contributed by atoms with Crippen molar-refractivity contribution in [2.24, 2.45) is 15.6 Å². The summed E-state index contributed by atoms with van der Waals surface area (Å²) in [6.45, 7) is 10.7. The van der Waals surface area contributed by atoms with Crippen molar-refractivity contribution in [3.8, 4) is 6.07 Å². The molecule has 5 nitrogen and oxygen atoms in total. The molecule has 1 aliphatic rings. The molecule has 0 saturated carbocycles. The topological polar surface area (TPSA) is 68.8 Å². The van der Waals surface area contributed by atoms with Crippen molar-refractivity contribution in [2.75, 3.05) is 18.0 Å². The first kappa shape index (κ1) is 24.9. The fourth-order valence-electron chi connectivity index (χ4n) is 4.29. The lowest BCUT2D eigenvalue weighted by Crippen LogP contribution is -2.21. The van der Waals surface area contributed by atoms with Gasteiger partial charge in [0.05, 0.1) is 17.3 Å². The zero-order valence-electron chi connectivity index (χ0n) is 20.5. The van der Waals surface area contributed by atoms with Crippen molar-refractivity contribution in [1.82, 2.24) is 0 Å². The molecule has 0 amide bonds. The molecular formula is C29H32N4O. The van der Waals surface area contributed by atoms with Gasteiger partial charge in [-0.3, -0.25) is 4.99 Å². The second kappa shape index (κ2) is 11.4. The van der Waals surface area contributed by atoms with Gasteiger partial charge in [0, 0.05) is 25.0 Å². The minimum atomic E-state index is 0.0381. The van der Waals surface area contributed by atoms with E-state index in [0.717, 1.165) is 48.3 Å². The molecule has 5 heteroatoms. The molecule has 0 radical (unpaired) electrons. The van der Waals surface area contributed by atoms with Crippen LogP contribution in [0.25, 0.3) is 6.08 Å². The van der Waals surface area contributed by atoms with Crippen molar-refractivity contribution < 1.29 is 0 Å². The Morgan fingerprint density at radius 1 is 1.03 bits per heavy atom. The number of nitriles is 1. The van der Waals surface area contributed by atoms with Crippen molar-refractivity contribution >= 4 is 29.4 Å². The Hall–Kier alpha value is -3.78. The largest absolute Gasteiger partial charge is 0.372 e. The summed E-state index contributed by atoms with van der Waals surface area (Å²) >= 11 is 0. The third-order valence-electron chi connectivity index (χ3n) is 5.98. The molecule has 0 saturated heterocycles. The molecule has 0 aliphatic heterocycles. The van der Waals surface area contributed by atoms with E-state index in [1.54, 1.807) is 24.3 Å². The summed E-state index contributed by atoms with van der Waals surface area (Å²) in [7, 11) is 0. The van der Waals surface area contributed by atoms with E-state index in [0.29, 0.717) is 11.3 Å². The molecular weight excluding hydrogens is 420 g/mol. The van der Waals surface area contributed by atoms with Gasteiger partial charge in [-0.05, 0) is 103 Å². The first-order valence-corrected chi connectivity index (χ1v) is 11.7. The number of hydrogen-bond donors (Lipinski definition) is 0. The Morgan fingerprint density at radius 3 is 2.26 bits per heavy atom. The molecule has 0 heterocycles. The van der Waals surface area contributed by atoms with Crippen LogP contribution in [0.2, 0.25) is 0 Å². The lowest BCUT2D eigenvalue weighted by atomic mass is 9.73. The maximum Gasteiger partial charge on any atom is 0.108 e. The Labute approximate surface area is 202 Å². The van der Waals surface area contributed by atoms with E-state index in [1.807, 2.05) is 30.5 Å². The highest BCUT2D eigenvalue weighted by Crippen LogP contribution is 2.40. The summed E-state index contributed by atoms with van der Waals surface area (Å²) in [6.07, 6.45) is 9.60. The molecule has 0 unspecified atom stereocenters. The molecule has 3 rings (SSSR count). The Balaban J connectivity index is 1.82. The van der Waals surface area contributed by atoms with Gasteiger partial charge in [-0.1, -0.05) is 32.1 Å². The standard InChI is InChI=1S/C29H32N4O/c1-5-33(6-2)28-13-11-26(12-14-28)31-16-15-23-18-24(20-29(3,4)19-23)25(21-30)17-22-7-9-27(32-34)10-8-22/h7-18H,5-6,19-20H2,1-4H3/b23-15-,25-17+,31-16?. The summed E-state index contributed by atoms with van der Waals surface area (Å²) in [5.74, 6) is 0. The van der Waals surface area contributed by atoms with E-state index in [4.69, 9.17) is 0 Å². The van der Waals surface area contributed by atoms with Gasteiger partial charge in [0.15, 0.2) is 0 Å². The summed E-state index contributed by atoms with van der Waals surface area (Å²) in [5.41, 5.74) is 6.20. The fraction of sp³-hybridized carbons (Fsp3) is 0.310. The Bertz CT molecular complexity index is 1160. The number of hydrogen-bond acceptors (Lipinski definition) is 5. The van der Waals surface area contributed by atoms with E-state index in [9.17, 15) is 10.2 Å². The number of rotatable bonds is 8. The number of nitrogens with zero attached hydrogens (tertiary/aromatic N) is 4. The predicted molar refractivity (Wildman–Crippen MR) is 143 cm³/mol. The first-order chi connectivity index (χ1) is 16.4. The van der Waals surface area contributed by atoms with Crippen molar-refractivity contribution in [3.63, 3.8) is 0 Å².